The molecule has 0 spiro atoms. The largest absolute Gasteiger partial charge is 0.466 e. The Morgan fingerprint density at radius 3 is 2.12 bits per heavy atom. The standard InChI is InChI=1S/C24H24N2O6/c1-4-31-24(18-11-7-5-8-12-18,19-13-9-6-10-14-19)21(23(27)30-3)32-22-20(26(28)29)15-17(2)16-25-22/h5-16,21H,4H2,1-3H3. The molecule has 8 heteroatoms. The molecule has 3 rings (SSSR count). The zero-order valence-corrected chi connectivity index (χ0v) is 18.1. The molecule has 0 saturated heterocycles. The first-order valence-corrected chi connectivity index (χ1v) is 10.0. The molecule has 1 atom stereocenters. The summed E-state index contributed by atoms with van der Waals surface area (Å²) in [4.78, 5) is 28.2. The van der Waals surface area contributed by atoms with Crippen LogP contribution in [-0.4, -0.2) is 35.7 Å². The molecular weight excluding hydrogens is 412 g/mol. The molecule has 0 aliphatic heterocycles. The summed E-state index contributed by atoms with van der Waals surface area (Å²) >= 11 is 0. The normalized spacial score (nSPS) is 12.1. The number of carbonyl (C=O) groups is 1. The fourth-order valence-electron chi connectivity index (χ4n) is 3.59. The fraction of sp³-hybridized carbons (Fsp3) is 0.250. The highest BCUT2D eigenvalue weighted by atomic mass is 16.6. The zero-order chi connectivity index (χ0) is 23.1. The van der Waals surface area contributed by atoms with Gasteiger partial charge in [-0.1, -0.05) is 60.7 Å². The van der Waals surface area contributed by atoms with Crippen LogP contribution < -0.4 is 4.74 Å². The van der Waals surface area contributed by atoms with E-state index in [-0.39, 0.29) is 18.2 Å². The maximum absolute atomic E-state index is 13.1. The molecule has 0 radical (unpaired) electrons. The molecule has 166 valence electrons. The van der Waals surface area contributed by atoms with E-state index in [0.717, 1.165) is 0 Å². The number of benzene rings is 2. The second-order valence-electron chi connectivity index (χ2n) is 7.02. The average molecular weight is 436 g/mol. The van der Waals surface area contributed by atoms with Gasteiger partial charge in [0.05, 0.1) is 12.0 Å². The van der Waals surface area contributed by atoms with Gasteiger partial charge >= 0.3 is 11.7 Å². The van der Waals surface area contributed by atoms with Gasteiger partial charge in [0.15, 0.2) is 5.60 Å². The first-order valence-electron chi connectivity index (χ1n) is 10.0. The maximum atomic E-state index is 13.1. The van der Waals surface area contributed by atoms with Crippen LogP contribution in [0.15, 0.2) is 72.9 Å². The minimum Gasteiger partial charge on any atom is -0.466 e. The Morgan fingerprint density at radius 1 is 1.09 bits per heavy atom. The highest BCUT2D eigenvalue weighted by molar-refractivity contribution is 5.78. The van der Waals surface area contributed by atoms with Crippen molar-refractivity contribution in [3.05, 3.63) is 99.7 Å². The van der Waals surface area contributed by atoms with Crippen molar-refractivity contribution in [3.8, 4) is 5.88 Å². The van der Waals surface area contributed by atoms with Crippen molar-refractivity contribution >= 4 is 11.7 Å². The lowest BCUT2D eigenvalue weighted by Gasteiger charge is -2.39. The number of aryl methyl sites for hydroxylation is 1. The molecule has 1 heterocycles. The first-order chi connectivity index (χ1) is 15.4. The van der Waals surface area contributed by atoms with Crippen LogP contribution in [0.5, 0.6) is 5.88 Å². The molecule has 32 heavy (non-hydrogen) atoms. The van der Waals surface area contributed by atoms with Gasteiger partial charge in [-0.3, -0.25) is 10.1 Å². The second kappa shape index (κ2) is 10.0. The molecule has 1 unspecified atom stereocenters. The molecule has 0 fully saturated rings. The molecule has 1 aromatic heterocycles. The number of aromatic nitrogens is 1. The van der Waals surface area contributed by atoms with Crippen LogP contribution >= 0.6 is 0 Å². The molecule has 0 saturated carbocycles. The number of hydrogen-bond acceptors (Lipinski definition) is 7. The summed E-state index contributed by atoms with van der Waals surface area (Å²) in [5.41, 5.74) is 0.0212. The van der Waals surface area contributed by atoms with E-state index in [1.165, 1.54) is 19.4 Å². The second-order valence-corrected chi connectivity index (χ2v) is 7.02. The van der Waals surface area contributed by atoms with Crippen LogP contribution in [0.25, 0.3) is 0 Å². The third kappa shape index (κ3) is 4.45. The van der Waals surface area contributed by atoms with Crippen molar-refractivity contribution in [1.82, 2.24) is 4.98 Å². The molecule has 8 nitrogen and oxygen atoms in total. The summed E-state index contributed by atoms with van der Waals surface area (Å²) in [5.74, 6) is -1.06. The van der Waals surface area contributed by atoms with Crippen molar-refractivity contribution in [1.29, 1.82) is 0 Å². The maximum Gasteiger partial charge on any atom is 0.350 e. The Morgan fingerprint density at radius 2 is 1.66 bits per heavy atom. The Bertz CT molecular complexity index is 1030. The lowest BCUT2D eigenvalue weighted by molar-refractivity contribution is -0.386. The predicted molar refractivity (Wildman–Crippen MR) is 117 cm³/mol. The zero-order valence-electron chi connectivity index (χ0n) is 18.1. The Hall–Kier alpha value is -3.78. The third-order valence-electron chi connectivity index (χ3n) is 4.96. The quantitative estimate of drug-likeness (QED) is 0.281. The minimum atomic E-state index is -1.45. The van der Waals surface area contributed by atoms with Gasteiger partial charge in [-0.25, -0.2) is 9.78 Å². The topological polar surface area (TPSA) is 101 Å². The van der Waals surface area contributed by atoms with Gasteiger partial charge in [-0.15, -0.1) is 0 Å². The number of hydrogen-bond donors (Lipinski definition) is 0. The van der Waals surface area contributed by atoms with Gasteiger partial charge in [0.1, 0.15) is 0 Å². The number of esters is 1. The molecule has 0 bridgehead atoms. The van der Waals surface area contributed by atoms with Crippen LogP contribution in [0, 0.1) is 17.0 Å². The number of nitrogens with zero attached hydrogens (tertiary/aromatic N) is 2. The molecule has 0 aliphatic carbocycles. The highest BCUT2D eigenvalue weighted by Crippen LogP contribution is 2.40. The predicted octanol–water partition coefficient (Wildman–Crippen LogP) is 4.20. The minimum absolute atomic E-state index is 0.226. The van der Waals surface area contributed by atoms with Crippen molar-refractivity contribution in [2.24, 2.45) is 0 Å². The van der Waals surface area contributed by atoms with Gasteiger partial charge < -0.3 is 14.2 Å². The van der Waals surface area contributed by atoms with E-state index in [1.807, 2.05) is 36.4 Å². The lowest BCUT2D eigenvalue weighted by atomic mass is 9.81. The number of rotatable bonds is 9. The molecule has 0 N–H and O–H groups in total. The smallest absolute Gasteiger partial charge is 0.350 e. The van der Waals surface area contributed by atoms with Gasteiger partial charge in [0, 0.05) is 18.9 Å². The summed E-state index contributed by atoms with van der Waals surface area (Å²) in [5, 5.41) is 11.6. The lowest BCUT2D eigenvalue weighted by Crippen LogP contribution is -2.51. The summed E-state index contributed by atoms with van der Waals surface area (Å²) in [6, 6.07) is 19.5. The van der Waals surface area contributed by atoms with Gasteiger partial charge in [-0.2, -0.15) is 0 Å². The van der Waals surface area contributed by atoms with Gasteiger partial charge in [0.25, 0.3) is 5.88 Å². The van der Waals surface area contributed by atoms with Gasteiger partial charge in [0.2, 0.25) is 6.10 Å². The summed E-state index contributed by atoms with van der Waals surface area (Å²) < 4.78 is 17.3. The summed E-state index contributed by atoms with van der Waals surface area (Å²) in [7, 11) is 1.22. The third-order valence-corrected chi connectivity index (χ3v) is 4.96. The molecule has 0 aliphatic rings. The number of ether oxygens (including phenoxy) is 3. The van der Waals surface area contributed by atoms with Crippen LogP contribution in [0.2, 0.25) is 0 Å². The molecule has 2 aromatic carbocycles. The van der Waals surface area contributed by atoms with E-state index in [1.54, 1.807) is 38.1 Å². The van der Waals surface area contributed by atoms with E-state index < -0.39 is 22.6 Å². The van der Waals surface area contributed by atoms with E-state index in [0.29, 0.717) is 16.7 Å². The number of nitro groups is 1. The van der Waals surface area contributed by atoms with Crippen molar-refractivity contribution in [2.45, 2.75) is 25.6 Å². The van der Waals surface area contributed by atoms with E-state index in [9.17, 15) is 14.9 Å². The van der Waals surface area contributed by atoms with Crippen LogP contribution in [-0.2, 0) is 19.9 Å². The molecular formula is C24H24N2O6. The van der Waals surface area contributed by atoms with Gasteiger partial charge in [-0.05, 0) is 30.5 Å². The number of pyridine rings is 1. The number of carbonyl (C=O) groups excluding carboxylic acids is 1. The SMILES string of the molecule is CCOC(c1ccccc1)(c1ccccc1)C(Oc1ncc(C)cc1[N+](=O)[O-])C(=O)OC. The summed E-state index contributed by atoms with van der Waals surface area (Å²) in [6.45, 7) is 3.70. The summed E-state index contributed by atoms with van der Waals surface area (Å²) in [6.07, 6.45) is 0.00973. The molecule has 0 amide bonds. The van der Waals surface area contributed by atoms with Crippen molar-refractivity contribution in [2.75, 3.05) is 13.7 Å². The van der Waals surface area contributed by atoms with E-state index >= 15 is 0 Å². The van der Waals surface area contributed by atoms with E-state index in [2.05, 4.69) is 4.98 Å². The average Bonchev–Trinajstić information content (AvgIpc) is 2.82. The van der Waals surface area contributed by atoms with Crippen LogP contribution in [0.3, 0.4) is 0 Å². The highest BCUT2D eigenvalue weighted by Gasteiger charge is 2.51. The fourth-order valence-corrected chi connectivity index (χ4v) is 3.59. The van der Waals surface area contributed by atoms with Crippen LogP contribution in [0.4, 0.5) is 5.69 Å². The van der Waals surface area contributed by atoms with Crippen molar-refractivity contribution in [3.63, 3.8) is 0 Å². The van der Waals surface area contributed by atoms with Crippen LogP contribution in [0.1, 0.15) is 23.6 Å². The Balaban J connectivity index is 2.28. The Kier molecular flexibility index (Phi) is 7.17. The Labute approximate surface area is 185 Å². The van der Waals surface area contributed by atoms with E-state index in [4.69, 9.17) is 14.2 Å². The monoisotopic (exact) mass is 436 g/mol. The number of methoxy groups -OCH3 is 1. The molecule has 3 aromatic rings. The van der Waals surface area contributed by atoms with Crippen molar-refractivity contribution < 1.29 is 23.9 Å². The first kappa shape index (κ1) is 22.9.